The van der Waals surface area contributed by atoms with E-state index in [0.29, 0.717) is 12.0 Å². The van der Waals surface area contributed by atoms with Crippen molar-refractivity contribution < 1.29 is 8.83 Å². The van der Waals surface area contributed by atoms with Gasteiger partial charge in [-0.2, -0.15) is 5.26 Å². The van der Waals surface area contributed by atoms with Gasteiger partial charge in [-0.1, -0.05) is 90.9 Å². The third-order valence-electron chi connectivity index (χ3n) is 11.5. The standard InChI is InChI=1S/C50H29N3O2/c51-29-31-13-11-19-33(50(31)53-43-20-3-1-2-15-35(43)39-26-41-37-18-6-9-23-47(37)55-49(41)28-45(39)53)30-12-10-14-32(24-30)52-42-21-7-4-16-34(42)38-25-40-36-17-5-8-22-46(36)54-48(40)27-44(38)52/h2,4-9,11,13-19,21-28H,1,10,12H2. The summed E-state index contributed by atoms with van der Waals surface area (Å²) in [7, 11) is 0. The molecule has 4 heterocycles. The average molecular weight is 704 g/mol. The number of rotatable bonds is 3. The summed E-state index contributed by atoms with van der Waals surface area (Å²) in [5, 5.41) is 18.6. The van der Waals surface area contributed by atoms with E-state index < -0.39 is 0 Å². The second kappa shape index (κ2) is 11.3. The van der Waals surface area contributed by atoms with Crippen LogP contribution in [0.1, 0.15) is 41.6 Å². The fourth-order valence-corrected chi connectivity index (χ4v) is 9.08. The van der Waals surface area contributed by atoms with Gasteiger partial charge in [0.1, 0.15) is 34.1 Å². The van der Waals surface area contributed by atoms with Gasteiger partial charge in [-0.15, -0.1) is 0 Å². The molecule has 6 aromatic carbocycles. The second-order valence-electron chi connectivity index (χ2n) is 14.4. The molecule has 0 spiro atoms. The van der Waals surface area contributed by atoms with E-state index in [2.05, 4.69) is 124 Å². The number of hydrogen-bond acceptors (Lipinski definition) is 3. The highest BCUT2D eigenvalue weighted by Crippen LogP contribution is 2.43. The number of aromatic nitrogens is 2. The van der Waals surface area contributed by atoms with Crippen molar-refractivity contribution in [2.75, 3.05) is 0 Å². The summed E-state index contributed by atoms with van der Waals surface area (Å²) >= 11 is 0. The van der Waals surface area contributed by atoms with Gasteiger partial charge in [0.15, 0.2) is 0 Å². The lowest BCUT2D eigenvalue weighted by Crippen LogP contribution is -2.07. The average Bonchev–Trinajstić information content (AvgIpc) is 3.90. The third-order valence-corrected chi connectivity index (χ3v) is 11.5. The quantitative estimate of drug-likeness (QED) is 0.172. The maximum absolute atomic E-state index is 10.7. The number of benzene rings is 6. The lowest BCUT2D eigenvalue weighted by atomic mass is 9.92. The van der Waals surface area contributed by atoms with Gasteiger partial charge >= 0.3 is 0 Å². The SMILES string of the molecule is N#Cc1cccc(C2=CC(n3c4ccccc4c4cc5c(cc43)oc3ccccc35)=CCC2)c1-n1c2c(c3cc4c(cc31)oc1ccccc14)C=CCC#C2. The molecule has 0 saturated heterocycles. The van der Waals surface area contributed by atoms with Crippen LogP contribution < -0.4 is 0 Å². The number of furan rings is 2. The molecular formula is C50H29N3O2. The summed E-state index contributed by atoms with van der Waals surface area (Å²) < 4.78 is 17.4. The Balaban J connectivity index is 1.10. The Labute approximate surface area is 314 Å². The number of nitrogens with zero attached hydrogens (tertiary/aromatic N) is 3. The number of nitriles is 1. The Morgan fingerprint density at radius 1 is 0.618 bits per heavy atom. The van der Waals surface area contributed by atoms with E-state index in [1.54, 1.807) is 0 Å². The predicted octanol–water partition coefficient (Wildman–Crippen LogP) is 12.9. The van der Waals surface area contributed by atoms with Gasteiger partial charge in [0.25, 0.3) is 0 Å². The molecule has 0 saturated carbocycles. The second-order valence-corrected chi connectivity index (χ2v) is 14.4. The van der Waals surface area contributed by atoms with Gasteiger partial charge in [-0.25, -0.2) is 0 Å². The smallest absolute Gasteiger partial charge is 0.137 e. The van der Waals surface area contributed by atoms with E-state index in [0.717, 1.165) is 112 Å². The van der Waals surface area contributed by atoms with Gasteiger partial charge in [0, 0.05) is 73.1 Å². The number of hydrogen-bond donors (Lipinski definition) is 0. The minimum absolute atomic E-state index is 0.595. The lowest BCUT2D eigenvalue weighted by Gasteiger charge is -2.21. The van der Waals surface area contributed by atoms with Crippen LogP contribution in [0.15, 0.2) is 142 Å². The summed E-state index contributed by atoms with van der Waals surface area (Å²) in [6, 6.07) is 42.5. The number of fused-ring (bicyclic) bond motifs is 12. The van der Waals surface area contributed by atoms with Crippen LogP contribution in [-0.2, 0) is 0 Å². The monoisotopic (exact) mass is 703 g/mol. The summed E-state index contributed by atoms with van der Waals surface area (Å²) in [4.78, 5) is 0. The van der Waals surface area contributed by atoms with Gasteiger partial charge in [-0.3, -0.25) is 4.57 Å². The molecule has 2 aliphatic carbocycles. The maximum atomic E-state index is 10.7. The first-order valence-corrected chi connectivity index (χ1v) is 18.7. The summed E-state index contributed by atoms with van der Waals surface area (Å²) in [6.07, 6.45) is 11.3. The fourth-order valence-electron chi connectivity index (χ4n) is 9.08. The van der Waals surface area contributed by atoms with Gasteiger partial charge in [0.2, 0.25) is 0 Å². The highest BCUT2D eigenvalue weighted by atomic mass is 16.3. The molecule has 5 nitrogen and oxygen atoms in total. The fraction of sp³-hybridized carbons (Fsp3) is 0.0600. The molecule has 5 heteroatoms. The van der Waals surface area contributed by atoms with Crippen LogP contribution in [0.2, 0.25) is 0 Å². The van der Waals surface area contributed by atoms with Gasteiger partial charge in [0.05, 0.1) is 27.8 Å². The van der Waals surface area contributed by atoms with E-state index in [4.69, 9.17) is 8.83 Å². The first-order valence-electron chi connectivity index (χ1n) is 18.7. The van der Waals surface area contributed by atoms with Crippen molar-refractivity contribution in [3.05, 3.63) is 156 Å². The van der Waals surface area contributed by atoms with Crippen LogP contribution in [0.3, 0.4) is 0 Å². The minimum atomic E-state index is 0.595. The first kappa shape index (κ1) is 30.0. The summed E-state index contributed by atoms with van der Waals surface area (Å²) in [6.45, 7) is 0. The highest BCUT2D eigenvalue weighted by Gasteiger charge is 2.25. The molecule has 10 aromatic rings. The zero-order chi connectivity index (χ0) is 36.2. The largest absolute Gasteiger partial charge is 0.456 e. The molecular weight excluding hydrogens is 675 g/mol. The Bertz CT molecular complexity index is 3540. The van der Waals surface area contributed by atoms with Crippen LogP contribution in [0.4, 0.5) is 0 Å². The normalized spacial score (nSPS) is 14.1. The maximum Gasteiger partial charge on any atom is 0.137 e. The molecule has 2 aliphatic rings. The summed E-state index contributed by atoms with van der Waals surface area (Å²) in [5.74, 6) is 6.87. The molecule has 0 unspecified atom stereocenters. The van der Waals surface area contributed by atoms with E-state index >= 15 is 0 Å². The molecule has 0 fully saturated rings. The molecule has 0 N–H and O–H groups in total. The predicted molar refractivity (Wildman–Crippen MR) is 224 cm³/mol. The molecule has 55 heavy (non-hydrogen) atoms. The number of para-hydroxylation sites is 4. The van der Waals surface area contributed by atoms with Gasteiger partial charge < -0.3 is 13.4 Å². The molecule has 0 aliphatic heterocycles. The van der Waals surface area contributed by atoms with Crippen LogP contribution >= 0.6 is 0 Å². The van der Waals surface area contributed by atoms with Crippen LogP contribution in [-0.4, -0.2) is 9.13 Å². The summed E-state index contributed by atoms with van der Waals surface area (Å²) in [5.41, 5.74) is 13.3. The van der Waals surface area contributed by atoms with Crippen molar-refractivity contribution in [1.29, 1.82) is 5.26 Å². The zero-order valence-electron chi connectivity index (χ0n) is 29.6. The Morgan fingerprint density at radius 2 is 1.31 bits per heavy atom. The third kappa shape index (κ3) is 4.24. The van der Waals surface area contributed by atoms with Crippen molar-refractivity contribution in [3.63, 3.8) is 0 Å². The van der Waals surface area contributed by atoms with Crippen molar-refractivity contribution in [2.45, 2.75) is 19.3 Å². The molecule has 12 rings (SSSR count). The van der Waals surface area contributed by atoms with Crippen molar-refractivity contribution in [3.8, 4) is 23.6 Å². The molecule has 0 atom stereocenters. The molecule has 0 bridgehead atoms. The molecule has 256 valence electrons. The van der Waals surface area contributed by atoms with Crippen LogP contribution in [0.5, 0.6) is 0 Å². The van der Waals surface area contributed by atoms with E-state index in [9.17, 15) is 5.26 Å². The number of allylic oxidation sites excluding steroid dienone is 5. The Hall–Kier alpha value is -7.47. The van der Waals surface area contributed by atoms with E-state index in [1.165, 1.54) is 10.8 Å². The van der Waals surface area contributed by atoms with Gasteiger partial charge in [-0.05, 0) is 66.8 Å². The van der Waals surface area contributed by atoms with Crippen LogP contribution in [0.25, 0.3) is 99.6 Å². The highest BCUT2D eigenvalue weighted by molar-refractivity contribution is 6.18. The van der Waals surface area contributed by atoms with Crippen LogP contribution in [0, 0.1) is 23.2 Å². The van der Waals surface area contributed by atoms with E-state index in [1.807, 2.05) is 42.5 Å². The van der Waals surface area contributed by atoms with Crippen molar-refractivity contribution in [1.82, 2.24) is 9.13 Å². The Morgan fingerprint density at radius 3 is 2.07 bits per heavy atom. The van der Waals surface area contributed by atoms with E-state index in [-0.39, 0.29) is 0 Å². The molecule has 0 amide bonds. The lowest BCUT2D eigenvalue weighted by molar-refractivity contribution is 0.669. The van der Waals surface area contributed by atoms with Crippen molar-refractivity contribution in [2.24, 2.45) is 0 Å². The first-order chi connectivity index (χ1) is 27.2. The molecule has 0 radical (unpaired) electrons. The topological polar surface area (TPSA) is 59.9 Å². The Kier molecular flexibility index (Phi) is 6.15. The zero-order valence-corrected chi connectivity index (χ0v) is 29.6. The van der Waals surface area contributed by atoms with Crippen molar-refractivity contribution >= 4 is 93.9 Å². The molecule has 4 aromatic heterocycles. The minimum Gasteiger partial charge on any atom is -0.456 e.